The number of hydrogen-bond acceptors (Lipinski definition) is 3. The number of halogens is 2. The predicted octanol–water partition coefficient (Wildman–Crippen LogP) is 5.15. The summed E-state index contributed by atoms with van der Waals surface area (Å²) in [6.45, 7) is 8.97. The van der Waals surface area contributed by atoms with Crippen molar-refractivity contribution in [2.75, 3.05) is 13.2 Å². The summed E-state index contributed by atoms with van der Waals surface area (Å²) >= 11 is 12.4. The highest BCUT2D eigenvalue weighted by atomic mass is 35.5. The normalized spacial score (nSPS) is 18.1. The maximum atomic E-state index is 12.5. The third-order valence-corrected chi connectivity index (χ3v) is 4.61. The number of hydrogen-bond donors (Lipinski definition) is 0. The summed E-state index contributed by atoms with van der Waals surface area (Å²) in [5.74, 6) is -0.537. The number of nitrogens with zero attached hydrogens (tertiary/aromatic N) is 1. The SMILES string of the molecule is CCOC(=O)C1=C(C)N(CC)C(C)=CC1c1ccc(Cl)cc1Cl. The topological polar surface area (TPSA) is 29.5 Å². The van der Waals surface area contributed by atoms with Gasteiger partial charge in [0, 0.05) is 33.9 Å². The molecule has 0 bridgehead atoms. The van der Waals surface area contributed by atoms with Crippen molar-refractivity contribution < 1.29 is 9.53 Å². The molecular formula is C18H21Cl2NO2. The van der Waals surface area contributed by atoms with Crippen molar-refractivity contribution >= 4 is 29.2 Å². The molecule has 0 amide bonds. The lowest BCUT2D eigenvalue weighted by atomic mass is 9.86. The molecule has 1 aliphatic heterocycles. The number of ether oxygens (including phenoxy) is 1. The van der Waals surface area contributed by atoms with Gasteiger partial charge in [-0.25, -0.2) is 4.79 Å². The van der Waals surface area contributed by atoms with Gasteiger partial charge in [-0.1, -0.05) is 35.3 Å². The van der Waals surface area contributed by atoms with Gasteiger partial charge in [0.25, 0.3) is 0 Å². The summed E-state index contributed by atoms with van der Waals surface area (Å²) < 4.78 is 5.27. The Morgan fingerprint density at radius 3 is 2.52 bits per heavy atom. The molecule has 5 heteroatoms. The average molecular weight is 354 g/mol. The Morgan fingerprint density at radius 1 is 1.26 bits per heavy atom. The lowest BCUT2D eigenvalue weighted by Gasteiger charge is -2.34. The van der Waals surface area contributed by atoms with Crippen LogP contribution in [0.5, 0.6) is 0 Å². The molecule has 1 unspecified atom stereocenters. The van der Waals surface area contributed by atoms with Gasteiger partial charge in [0.05, 0.1) is 12.2 Å². The summed E-state index contributed by atoms with van der Waals surface area (Å²) in [6.07, 6.45) is 2.05. The minimum absolute atomic E-state index is 0.235. The van der Waals surface area contributed by atoms with E-state index < -0.39 is 0 Å². The molecule has 1 aromatic carbocycles. The summed E-state index contributed by atoms with van der Waals surface area (Å²) in [6, 6.07) is 5.36. The van der Waals surface area contributed by atoms with Crippen molar-refractivity contribution in [3.05, 3.63) is 56.9 Å². The van der Waals surface area contributed by atoms with E-state index in [1.165, 1.54) is 0 Å². The molecule has 1 atom stereocenters. The number of esters is 1. The molecule has 0 aliphatic carbocycles. The monoisotopic (exact) mass is 353 g/mol. The third-order valence-electron chi connectivity index (χ3n) is 4.05. The highest BCUT2D eigenvalue weighted by molar-refractivity contribution is 6.35. The van der Waals surface area contributed by atoms with Crippen LogP contribution >= 0.6 is 23.2 Å². The van der Waals surface area contributed by atoms with E-state index in [9.17, 15) is 4.79 Å². The number of allylic oxidation sites excluding steroid dienone is 3. The summed E-state index contributed by atoms with van der Waals surface area (Å²) in [4.78, 5) is 14.6. The molecule has 0 spiro atoms. The molecule has 1 heterocycles. The van der Waals surface area contributed by atoms with Gasteiger partial charge in [-0.2, -0.15) is 0 Å². The van der Waals surface area contributed by atoms with Gasteiger partial charge in [-0.05, 0) is 45.4 Å². The van der Waals surface area contributed by atoms with Crippen molar-refractivity contribution in [3.8, 4) is 0 Å². The van der Waals surface area contributed by atoms with Gasteiger partial charge in [-0.15, -0.1) is 0 Å². The van der Waals surface area contributed by atoms with Gasteiger partial charge < -0.3 is 9.64 Å². The van der Waals surface area contributed by atoms with Crippen LogP contribution in [0.2, 0.25) is 10.0 Å². The number of benzene rings is 1. The first kappa shape index (κ1) is 17.9. The predicted molar refractivity (Wildman–Crippen MR) is 94.7 cm³/mol. The van der Waals surface area contributed by atoms with Crippen LogP contribution in [0.3, 0.4) is 0 Å². The van der Waals surface area contributed by atoms with Gasteiger partial charge in [0.1, 0.15) is 0 Å². The minimum atomic E-state index is -0.303. The van der Waals surface area contributed by atoms with E-state index in [1.807, 2.05) is 19.9 Å². The number of rotatable bonds is 4. The number of carbonyl (C=O) groups is 1. The van der Waals surface area contributed by atoms with E-state index in [-0.39, 0.29) is 11.9 Å². The van der Waals surface area contributed by atoms with Crippen molar-refractivity contribution in [2.45, 2.75) is 33.6 Å². The largest absolute Gasteiger partial charge is 0.463 e. The van der Waals surface area contributed by atoms with Crippen molar-refractivity contribution in [1.29, 1.82) is 0 Å². The Balaban J connectivity index is 2.58. The van der Waals surface area contributed by atoms with E-state index in [2.05, 4.69) is 17.9 Å². The second-order valence-corrected chi connectivity index (χ2v) is 6.26. The molecule has 0 N–H and O–H groups in total. The fourth-order valence-corrected chi connectivity index (χ4v) is 3.54. The molecule has 1 aliphatic rings. The fraction of sp³-hybridized carbons (Fsp3) is 0.389. The molecule has 0 radical (unpaired) electrons. The zero-order valence-electron chi connectivity index (χ0n) is 13.8. The van der Waals surface area contributed by atoms with Gasteiger partial charge in [0.2, 0.25) is 0 Å². The highest BCUT2D eigenvalue weighted by Crippen LogP contribution is 2.40. The van der Waals surface area contributed by atoms with Gasteiger partial charge >= 0.3 is 5.97 Å². The van der Waals surface area contributed by atoms with Crippen LogP contribution in [0.1, 0.15) is 39.2 Å². The van der Waals surface area contributed by atoms with Crippen LogP contribution in [0.15, 0.2) is 41.2 Å². The molecule has 0 aromatic heterocycles. The van der Waals surface area contributed by atoms with Crippen molar-refractivity contribution in [3.63, 3.8) is 0 Å². The average Bonchev–Trinajstić information content (AvgIpc) is 2.47. The lowest BCUT2D eigenvalue weighted by Crippen LogP contribution is -2.29. The molecule has 124 valence electrons. The van der Waals surface area contributed by atoms with Crippen LogP contribution in [-0.2, 0) is 9.53 Å². The van der Waals surface area contributed by atoms with E-state index in [1.54, 1.807) is 19.1 Å². The summed E-state index contributed by atoms with van der Waals surface area (Å²) in [5.41, 5.74) is 3.48. The van der Waals surface area contributed by atoms with Gasteiger partial charge in [-0.3, -0.25) is 0 Å². The Hall–Kier alpha value is -1.45. The smallest absolute Gasteiger partial charge is 0.336 e. The molecule has 23 heavy (non-hydrogen) atoms. The fourth-order valence-electron chi connectivity index (χ4n) is 3.02. The molecule has 1 aromatic rings. The second-order valence-electron chi connectivity index (χ2n) is 5.42. The first-order valence-electron chi connectivity index (χ1n) is 7.69. The minimum Gasteiger partial charge on any atom is -0.463 e. The quantitative estimate of drug-likeness (QED) is 0.700. The van der Waals surface area contributed by atoms with E-state index >= 15 is 0 Å². The molecule has 0 saturated carbocycles. The van der Waals surface area contributed by atoms with Crippen molar-refractivity contribution in [1.82, 2.24) is 4.90 Å². The van der Waals surface area contributed by atoms with Crippen LogP contribution in [0.4, 0.5) is 0 Å². The zero-order chi connectivity index (χ0) is 17.1. The van der Waals surface area contributed by atoms with E-state index in [4.69, 9.17) is 27.9 Å². The van der Waals surface area contributed by atoms with Crippen LogP contribution in [0, 0.1) is 0 Å². The third kappa shape index (κ3) is 3.56. The Bertz CT molecular complexity index is 680. The Labute approximate surface area is 147 Å². The van der Waals surface area contributed by atoms with E-state index in [0.29, 0.717) is 22.2 Å². The van der Waals surface area contributed by atoms with Crippen LogP contribution < -0.4 is 0 Å². The Morgan fingerprint density at radius 2 is 1.96 bits per heavy atom. The second kappa shape index (κ2) is 7.41. The first-order chi connectivity index (χ1) is 10.9. The lowest BCUT2D eigenvalue weighted by molar-refractivity contribution is -0.138. The summed E-state index contributed by atoms with van der Waals surface area (Å²) in [7, 11) is 0. The maximum Gasteiger partial charge on any atom is 0.336 e. The number of carbonyl (C=O) groups excluding carboxylic acids is 1. The molecular weight excluding hydrogens is 333 g/mol. The first-order valence-corrected chi connectivity index (χ1v) is 8.45. The molecule has 3 nitrogen and oxygen atoms in total. The molecule has 2 rings (SSSR count). The van der Waals surface area contributed by atoms with Gasteiger partial charge in [0.15, 0.2) is 0 Å². The highest BCUT2D eigenvalue weighted by Gasteiger charge is 2.32. The van der Waals surface area contributed by atoms with Crippen LogP contribution in [-0.4, -0.2) is 24.0 Å². The molecule has 0 saturated heterocycles. The zero-order valence-corrected chi connectivity index (χ0v) is 15.3. The Kier molecular flexibility index (Phi) is 5.77. The van der Waals surface area contributed by atoms with Crippen LogP contribution in [0.25, 0.3) is 0 Å². The molecule has 0 fully saturated rings. The van der Waals surface area contributed by atoms with E-state index in [0.717, 1.165) is 23.5 Å². The summed E-state index contributed by atoms with van der Waals surface area (Å²) in [5, 5.41) is 1.12. The maximum absolute atomic E-state index is 12.5. The standard InChI is InChI=1S/C18H21Cl2NO2/c1-5-21-11(3)9-15(14-8-7-13(19)10-16(14)20)17(12(21)4)18(22)23-6-2/h7-10,15H,5-6H2,1-4H3. The van der Waals surface area contributed by atoms with Crippen molar-refractivity contribution in [2.24, 2.45) is 0 Å².